The molecule has 1 N–H and O–H groups in total. The molecule has 168 valence electrons. The number of halogens is 4. The second-order valence-electron chi connectivity index (χ2n) is 7.86. The van der Waals surface area contributed by atoms with E-state index in [0.717, 1.165) is 50.8 Å². The third-order valence-corrected chi connectivity index (χ3v) is 7.06. The summed E-state index contributed by atoms with van der Waals surface area (Å²) in [6.07, 6.45) is 3.75. The second kappa shape index (κ2) is 11.0. The Morgan fingerprint density at radius 1 is 0.844 bits per heavy atom. The van der Waals surface area contributed by atoms with Gasteiger partial charge in [0.1, 0.15) is 12.4 Å². The van der Waals surface area contributed by atoms with E-state index in [4.69, 9.17) is 39.5 Å². The molecule has 1 fully saturated rings. The molecule has 3 aromatic rings. The topological polar surface area (TPSA) is 24.5 Å². The van der Waals surface area contributed by atoms with Gasteiger partial charge in [-0.05, 0) is 73.4 Å². The quantitative estimate of drug-likeness (QED) is 0.317. The van der Waals surface area contributed by atoms with Crippen molar-refractivity contribution in [1.82, 2.24) is 0 Å². The molecular weight excluding hydrogens is 531 g/mol. The lowest BCUT2D eigenvalue weighted by atomic mass is 10.1. The first-order valence-electron chi connectivity index (χ1n) is 10.6. The first-order valence-corrected chi connectivity index (χ1v) is 12.6. The number of ether oxygens (including phenoxy) is 1. The molecule has 7 heteroatoms. The number of piperidine rings is 1. The van der Waals surface area contributed by atoms with Crippen LogP contribution in [-0.4, -0.2) is 13.1 Å². The van der Waals surface area contributed by atoms with Crippen LogP contribution in [0.25, 0.3) is 0 Å². The summed E-state index contributed by atoms with van der Waals surface area (Å²) in [5, 5.41) is 5.31. The van der Waals surface area contributed by atoms with E-state index in [1.54, 1.807) is 6.07 Å². The lowest BCUT2D eigenvalue weighted by Crippen LogP contribution is -2.29. The van der Waals surface area contributed by atoms with Crippen LogP contribution in [0.4, 0.5) is 11.4 Å². The number of nitrogens with one attached hydrogen (secondary N) is 1. The van der Waals surface area contributed by atoms with E-state index < -0.39 is 0 Å². The van der Waals surface area contributed by atoms with Gasteiger partial charge in [0.2, 0.25) is 0 Å². The smallest absolute Gasteiger partial charge is 0.124 e. The molecule has 0 aliphatic carbocycles. The molecule has 0 aromatic heterocycles. The minimum atomic E-state index is 0.405. The third kappa shape index (κ3) is 6.05. The van der Waals surface area contributed by atoms with Crippen molar-refractivity contribution in [3.8, 4) is 5.75 Å². The maximum absolute atomic E-state index is 6.61. The highest BCUT2D eigenvalue weighted by molar-refractivity contribution is 9.10. The van der Waals surface area contributed by atoms with Crippen LogP contribution in [0.15, 0.2) is 59.1 Å². The van der Waals surface area contributed by atoms with E-state index >= 15 is 0 Å². The Labute approximate surface area is 212 Å². The van der Waals surface area contributed by atoms with Gasteiger partial charge in [0.05, 0.1) is 20.8 Å². The van der Waals surface area contributed by atoms with Crippen molar-refractivity contribution >= 4 is 62.1 Å². The number of hydrogen-bond acceptors (Lipinski definition) is 3. The zero-order chi connectivity index (χ0) is 22.5. The van der Waals surface area contributed by atoms with Crippen LogP contribution in [-0.2, 0) is 13.2 Å². The van der Waals surface area contributed by atoms with Crippen molar-refractivity contribution in [2.75, 3.05) is 23.3 Å². The van der Waals surface area contributed by atoms with E-state index in [9.17, 15) is 0 Å². The van der Waals surface area contributed by atoms with Crippen LogP contribution in [0.3, 0.4) is 0 Å². The van der Waals surface area contributed by atoms with Crippen LogP contribution in [0.1, 0.15) is 30.4 Å². The summed E-state index contributed by atoms with van der Waals surface area (Å²) in [7, 11) is 0. The number of hydrogen-bond donors (Lipinski definition) is 1. The molecule has 1 aliphatic rings. The fourth-order valence-corrected chi connectivity index (χ4v) is 4.85. The minimum Gasteiger partial charge on any atom is -0.489 e. The number of nitrogens with zero attached hydrogens (tertiary/aromatic N) is 1. The Hall–Kier alpha value is -1.59. The van der Waals surface area contributed by atoms with Crippen molar-refractivity contribution < 1.29 is 4.74 Å². The lowest BCUT2D eigenvalue weighted by Gasteiger charge is -2.29. The Balaban J connectivity index is 1.43. The lowest BCUT2D eigenvalue weighted by molar-refractivity contribution is 0.303. The highest BCUT2D eigenvalue weighted by Crippen LogP contribution is 2.32. The predicted octanol–water partition coefficient (Wildman–Crippen LogP) is 8.59. The second-order valence-corrected chi connectivity index (χ2v) is 9.99. The summed E-state index contributed by atoms with van der Waals surface area (Å²) in [5.74, 6) is 0.808. The number of benzene rings is 3. The summed E-state index contributed by atoms with van der Waals surface area (Å²) in [6, 6.07) is 17.7. The van der Waals surface area contributed by atoms with Gasteiger partial charge in [-0.25, -0.2) is 0 Å². The van der Waals surface area contributed by atoms with Gasteiger partial charge >= 0.3 is 0 Å². The molecule has 4 rings (SSSR count). The zero-order valence-electron chi connectivity index (χ0n) is 17.5. The van der Waals surface area contributed by atoms with Gasteiger partial charge in [-0.1, -0.05) is 56.8 Å². The molecule has 0 unspecified atom stereocenters. The molecule has 0 amide bonds. The van der Waals surface area contributed by atoms with E-state index in [-0.39, 0.29) is 0 Å². The molecule has 0 radical (unpaired) electrons. The molecule has 0 spiro atoms. The molecule has 3 nitrogen and oxygen atoms in total. The van der Waals surface area contributed by atoms with Gasteiger partial charge in [0, 0.05) is 35.4 Å². The first kappa shape index (κ1) is 23.6. The predicted molar refractivity (Wildman–Crippen MR) is 140 cm³/mol. The van der Waals surface area contributed by atoms with Crippen LogP contribution < -0.4 is 15.0 Å². The van der Waals surface area contributed by atoms with Gasteiger partial charge in [-0.15, -0.1) is 0 Å². The normalized spacial score (nSPS) is 13.8. The highest BCUT2D eigenvalue weighted by Gasteiger charge is 2.14. The maximum atomic E-state index is 6.61. The molecule has 0 bridgehead atoms. The highest BCUT2D eigenvalue weighted by atomic mass is 79.9. The zero-order valence-corrected chi connectivity index (χ0v) is 21.4. The summed E-state index contributed by atoms with van der Waals surface area (Å²) < 4.78 is 7.08. The SMILES string of the molecule is Clc1ccc(COc2ccc(Br)cc2CNc2ccc(N3CCCCC3)c(Cl)c2)cc1Cl. The Bertz CT molecular complexity index is 1090. The molecule has 1 aliphatic heterocycles. The van der Waals surface area contributed by atoms with Crippen molar-refractivity contribution in [3.63, 3.8) is 0 Å². The fourth-order valence-electron chi connectivity index (χ4n) is 3.82. The number of rotatable bonds is 7. The monoisotopic (exact) mass is 552 g/mol. The largest absolute Gasteiger partial charge is 0.489 e. The molecular formula is C25H24BrCl3N2O. The average Bonchev–Trinajstić information content (AvgIpc) is 2.80. The van der Waals surface area contributed by atoms with E-state index in [1.165, 1.54) is 19.3 Å². The summed E-state index contributed by atoms with van der Waals surface area (Å²) in [5.41, 5.74) is 4.09. The maximum Gasteiger partial charge on any atom is 0.124 e. The third-order valence-electron chi connectivity index (χ3n) is 5.53. The Morgan fingerprint density at radius 2 is 1.66 bits per heavy atom. The summed E-state index contributed by atoms with van der Waals surface area (Å²) >= 11 is 22.3. The molecule has 3 aromatic carbocycles. The molecule has 32 heavy (non-hydrogen) atoms. The minimum absolute atomic E-state index is 0.405. The van der Waals surface area contributed by atoms with Crippen LogP contribution in [0, 0.1) is 0 Å². The van der Waals surface area contributed by atoms with Crippen molar-refractivity contribution in [2.24, 2.45) is 0 Å². The molecule has 0 saturated carbocycles. The molecule has 1 heterocycles. The van der Waals surface area contributed by atoms with Crippen molar-refractivity contribution in [3.05, 3.63) is 85.3 Å². The first-order chi connectivity index (χ1) is 15.5. The molecule has 0 atom stereocenters. The van der Waals surface area contributed by atoms with E-state index in [1.807, 2.05) is 30.3 Å². The van der Waals surface area contributed by atoms with Crippen LogP contribution in [0.5, 0.6) is 5.75 Å². The number of anilines is 2. The summed E-state index contributed by atoms with van der Waals surface area (Å²) in [4.78, 5) is 2.37. The summed E-state index contributed by atoms with van der Waals surface area (Å²) in [6.45, 7) is 3.16. The van der Waals surface area contributed by atoms with Gasteiger partial charge in [0.25, 0.3) is 0 Å². The van der Waals surface area contributed by atoms with Crippen LogP contribution in [0.2, 0.25) is 15.1 Å². The molecule has 1 saturated heterocycles. The van der Waals surface area contributed by atoms with Crippen molar-refractivity contribution in [2.45, 2.75) is 32.4 Å². The van der Waals surface area contributed by atoms with Crippen LogP contribution >= 0.6 is 50.7 Å². The fraction of sp³-hybridized carbons (Fsp3) is 0.280. The van der Waals surface area contributed by atoms with Gasteiger partial charge in [-0.3, -0.25) is 0 Å². The standard InChI is InChI=1S/C25H24BrCl3N2O/c26-19-5-9-25(32-16-17-4-7-21(27)22(28)12-17)18(13-19)15-30-20-6-8-24(23(29)14-20)31-10-2-1-3-11-31/h4-9,12-14,30H,1-3,10-11,15-16H2. The van der Waals surface area contributed by atoms with E-state index in [2.05, 4.69) is 44.3 Å². The van der Waals surface area contributed by atoms with E-state index in [0.29, 0.717) is 23.2 Å². The Morgan fingerprint density at radius 3 is 2.41 bits per heavy atom. The van der Waals surface area contributed by atoms with Crippen molar-refractivity contribution in [1.29, 1.82) is 0 Å². The Kier molecular flexibility index (Phi) is 8.12. The van der Waals surface area contributed by atoms with Gasteiger partial charge in [-0.2, -0.15) is 0 Å². The average molecular weight is 555 g/mol. The van der Waals surface area contributed by atoms with Gasteiger partial charge in [0.15, 0.2) is 0 Å². The van der Waals surface area contributed by atoms with Gasteiger partial charge < -0.3 is 15.0 Å².